The predicted molar refractivity (Wildman–Crippen MR) is 99.6 cm³/mol. The zero-order valence-electron chi connectivity index (χ0n) is 15.9. The van der Waals surface area contributed by atoms with E-state index in [4.69, 9.17) is 9.47 Å². The molecule has 28 heavy (non-hydrogen) atoms. The Morgan fingerprint density at radius 1 is 1.14 bits per heavy atom. The molecule has 0 unspecified atom stereocenters. The SMILES string of the molecule is COC(=O)C1CCN(C(=O)COC(=O)c2cccc(N3CCCC3=O)c2)CC1. The van der Waals surface area contributed by atoms with Crippen molar-refractivity contribution >= 4 is 29.4 Å². The number of carbonyl (C=O) groups excluding carboxylic acids is 4. The van der Waals surface area contributed by atoms with E-state index < -0.39 is 5.97 Å². The summed E-state index contributed by atoms with van der Waals surface area (Å²) in [6.07, 6.45) is 2.39. The summed E-state index contributed by atoms with van der Waals surface area (Å²) in [6.45, 7) is 1.15. The average Bonchev–Trinajstić information content (AvgIpc) is 3.17. The van der Waals surface area contributed by atoms with Crippen LogP contribution in [0.3, 0.4) is 0 Å². The first kappa shape index (κ1) is 19.9. The largest absolute Gasteiger partial charge is 0.469 e. The van der Waals surface area contributed by atoms with Crippen molar-refractivity contribution in [3.05, 3.63) is 29.8 Å². The van der Waals surface area contributed by atoms with E-state index in [1.165, 1.54) is 7.11 Å². The van der Waals surface area contributed by atoms with Crippen LogP contribution in [0.1, 0.15) is 36.0 Å². The van der Waals surface area contributed by atoms with Gasteiger partial charge in [0.15, 0.2) is 6.61 Å². The molecule has 0 radical (unpaired) electrons. The number of piperidine rings is 1. The van der Waals surface area contributed by atoms with Gasteiger partial charge in [-0.25, -0.2) is 4.79 Å². The highest BCUT2D eigenvalue weighted by Gasteiger charge is 2.28. The highest BCUT2D eigenvalue weighted by Crippen LogP contribution is 2.23. The van der Waals surface area contributed by atoms with Crippen molar-refractivity contribution in [2.75, 3.05) is 38.3 Å². The summed E-state index contributed by atoms with van der Waals surface area (Å²) in [7, 11) is 1.36. The molecular weight excluding hydrogens is 364 g/mol. The summed E-state index contributed by atoms with van der Waals surface area (Å²) < 4.78 is 9.89. The smallest absolute Gasteiger partial charge is 0.338 e. The van der Waals surface area contributed by atoms with E-state index in [-0.39, 0.29) is 30.3 Å². The van der Waals surface area contributed by atoms with Gasteiger partial charge in [-0.1, -0.05) is 6.07 Å². The molecule has 0 saturated carbocycles. The molecule has 2 fully saturated rings. The molecule has 2 saturated heterocycles. The Kier molecular flexibility index (Phi) is 6.28. The van der Waals surface area contributed by atoms with E-state index in [1.807, 2.05) is 0 Å². The number of esters is 2. The second-order valence-corrected chi connectivity index (χ2v) is 6.95. The fraction of sp³-hybridized carbons (Fsp3) is 0.500. The predicted octanol–water partition coefficient (Wildman–Crippen LogP) is 1.38. The van der Waals surface area contributed by atoms with Crippen molar-refractivity contribution < 1.29 is 28.7 Å². The highest BCUT2D eigenvalue weighted by molar-refractivity contribution is 5.97. The van der Waals surface area contributed by atoms with Gasteiger partial charge in [0, 0.05) is 31.7 Å². The van der Waals surface area contributed by atoms with Gasteiger partial charge in [0.25, 0.3) is 5.91 Å². The van der Waals surface area contributed by atoms with Crippen LogP contribution < -0.4 is 4.90 Å². The van der Waals surface area contributed by atoms with Crippen LogP contribution in [-0.4, -0.2) is 62.0 Å². The third-order valence-corrected chi connectivity index (χ3v) is 5.18. The van der Waals surface area contributed by atoms with Gasteiger partial charge in [0.1, 0.15) is 0 Å². The number of nitrogens with zero attached hydrogens (tertiary/aromatic N) is 2. The molecule has 150 valence electrons. The first-order chi connectivity index (χ1) is 13.5. The molecule has 2 heterocycles. The van der Waals surface area contributed by atoms with Crippen molar-refractivity contribution in [2.45, 2.75) is 25.7 Å². The zero-order chi connectivity index (χ0) is 20.1. The normalized spacial score (nSPS) is 17.5. The standard InChI is InChI=1S/C20H24N2O6/c1-27-19(25)14-7-10-21(11-8-14)18(24)13-28-20(26)15-4-2-5-16(12-15)22-9-3-6-17(22)23/h2,4-5,12,14H,3,6-11,13H2,1H3. The quantitative estimate of drug-likeness (QED) is 0.708. The van der Waals surface area contributed by atoms with Crippen LogP contribution in [0.5, 0.6) is 0 Å². The zero-order valence-corrected chi connectivity index (χ0v) is 15.9. The summed E-state index contributed by atoms with van der Waals surface area (Å²) in [5, 5.41) is 0. The third kappa shape index (κ3) is 4.49. The fourth-order valence-corrected chi connectivity index (χ4v) is 3.56. The summed E-state index contributed by atoms with van der Waals surface area (Å²) in [5.74, 6) is -1.30. The summed E-state index contributed by atoms with van der Waals surface area (Å²) in [4.78, 5) is 51.2. The minimum absolute atomic E-state index is 0.0380. The minimum Gasteiger partial charge on any atom is -0.469 e. The number of ether oxygens (including phenoxy) is 2. The number of rotatable bonds is 5. The number of hydrogen-bond donors (Lipinski definition) is 0. The van der Waals surface area contributed by atoms with Crippen LogP contribution in [-0.2, 0) is 23.9 Å². The second-order valence-electron chi connectivity index (χ2n) is 6.95. The Hall–Kier alpha value is -2.90. The topological polar surface area (TPSA) is 93.2 Å². The van der Waals surface area contributed by atoms with Crippen LogP contribution >= 0.6 is 0 Å². The van der Waals surface area contributed by atoms with Gasteiger partial charge < -0.3 is 19.3 Å². The number of carbonyl (C=O) groups is 4. The second kappa shape index (κ2) is 8.86. The number of methoxy groups -OCH3 is 1. The Bertz CT molecular complexity index is 770. The van der Waals surface area contributed by atoms with Crippen molar-refractivity contribution in [1.82, 2.24) is 4.90 Å². The van der Waals surface area contributed by atoms with Gasteiger partial charge in [0.2, 0.25) is 5.91 Å². The lowest BCUT2D eigenvalue weighted by Gasteiger charge is -2.30. The minimum atomic E-state index is -0.605. The van der Waals surface area contributed by atoms with Crippen LogP contribution in [0.15, 0.2) is 24.3 Å². The van der Waals surface area contributed by atoms with Crippen molar-refractivity contribution in [2.24, 2.45) is 5.92 Å². The maximum absolute atomic E-state index is 12.3. The average molecular weight is 388 g/mol. The number of amides is 2. The number of likely N-dealkylation sites (tertiary alicyclic amines) is 1. The molecule has 0 bridgehead atoms. The molecule has 0 N–H and O–H groups in total. The van der Waals surface area contributed by atoms with Crippen LogP contribution in [0.4, 0.5) is 5.69 Å². The lowest BCUT2D eigenvalue weighted by molar-refractivity contribution is -0.149. The summed E-state index contributed by atoms with van der Waals surface area (Å²) in [6, 6.07) is 6.67. The van der Waals surface area contributed by atoms with Gasteiger partial charge in [0.05, 0.1) is 18.6 Å². The maximum atomic E-state index is 12.3. The molecule has 8 nitrogen and oxygen atoms in total. The van der Waals surface area contributed by atoms with Crippen molar-refractivity contribution in [3.8, 4) is 0 Å². The van der Waals surface area contributed by atoms with Gasteiger partial charge in [-0.2, -0.15) is 0 Å². The van der Waals surface area contributed by atoms with Gasteiger partial charge in [-0.3, -0.25) is 14.4 Å². The molecule has 0 aromatic heterocycles. The number of hydrogen-bond acceptors (Lipinski definition) is 6. The lowest BCUT2D eigenvalue weighted by Crippen LogP contribution is -2.42. The molecule has 0 aliphatic carbocycles. The van der Waals surface area contributed by atoms with Gasteiger partial charge >= 0.3 is 11.9 Å². The summed E-state index contributed by atoms with van der Waals surface area (Å²) >= 11 is 0. The van der Waals surface area contributed by atoms with E-state index in [2.05, 4.69) is 0 Å². The van der Waals surface area contributed by atoms with Crippen molar-refractivity contribution in [3.63, 3.8) is 0 Å². The van der Waals surface area contributed by atoms with Crippen LogP contribution in [0.2, 0.25) is 0 Å². The number of anilines is 1. The molecule has 0 atom stereocenters. The third-order valence-electron chi connectivity index (χ3n) is 5.18. The molecule has 2 amide bonds. The first-order valence-corrected chi connectivity index (χ1v) is 9.42. The van der Waals surface area contributed by atoms with E-state index in [0.29, 0.717) is 50.1 Å². The van der Waals surface area contributed by atoms with Crippen LogP contribution in [0.25, 0.3) is 0 Å². The van der Waals surface area contributed by atoms with E-state index in [9.17, 15) is 19.2 Å². The molecule has 3 rings (SSSR count). The van der Waals surface area contributed by atoms with Crippen molar-refractivity contribution in [1.29, 1.82) is 0 Å². The lowest BCUT2D eigenvalue weighted by atomic mass is 9.97. The maximum Gasteiger partial charge on any atom is 0.338 e. The Balaban J connectivity index is 1.51. The fourth-order valence-electron chi connectivity index (χ4n) is 3.56. The Morgan fingerprint density at radius 2 is 1.89 bits per heavy atom. The van der Waals surface area contributed by atoms with E-state index >= 15 is 0 Å². The molecule has 2 aliphatic heterocycles. The van der Waals surface area contributed by atoms with Gasteiger partial charge in [-0.05, 0) is 37.5 Å². The van der Waals surface area contributed by atoms with Crippen LogP contribution in [0, 0.1) is 5.92 Å². The van der Waals surface area contributed by atoms with E-state index in [0.717, 1.165) is 6.42 Å². The first-order valence-electron chi connectivity index (χ1n) is 9.42. The Morgan fingerprint density at radius 3 is 2.54 bits per heavy atom. The Labute approximate surface area is 163 Å². The molecule has 1 aromatic rings. The van der Waals surface area contributed by atoms with E-state index in [1.54, 1.807) is 34.1 Å². The highest BCUT2D eigenvalue weighted by atomic mass is 16.5. The number of benzene rings is 1. The molecule has 2 aliphatic rings. The summed E-state index contributed by atoms with van der Waals surface area (Å²) in [5.41, 5.74) is 0.961. The molecular formula is C20H24N2O6. The van der Waals surface area contributed by atoms with Gasteiger partial charge in [-0.15, -0.1) is 0 Å². The molecule has 0 spiro atoms. The molecule has 1 aromatic carbocycles. The monoisotopic (exact) mass is 388 g/mol. The molecule has 8 heteroatoms.